The lowest BCUT2D eigenvalue weighted by Crippen LogP contribution is -2.59. The fraction of sp³-hybridized carbons (Fsp3) is 0.618. The molecule has 0 atom stereocenters. The number of nitrogen functional groups attached to an aromatic ring is 1. The summed E-state index contributed by atoms with van der Waals surface area (Å²) in [5, 5.41) is 0. The molecule has 0 bridgehead atoms. The van der Waals surface area contributed by atoms with E-state index < -0.39 is 5.41 Å². The van der Waals surface area contributed by atoms with Crippen LogP contribution >= 0.6 is 0 Å². The molecule has 5 aliphatic rings. The Morgan fingerprint density at radius 1 is 0.977 bits per heavy atom. The quantitative estimate of drug-likeness (QED) is 0.469. The van der Waals surface area contributed by atoms with Crippen LogP contribution < -0.4 is 10.6 Å². The zero-order chi connectivity index (χ0) is 29.7. The van der Waals surface area contributed by atoms with Crippen LogP contribution in [0.5, 0.6) is 0 Å². The number of piperidine rings is 1. The molecule has 3 aromatic rings. The van der Waals surface area contributed by atoms with Gasteiger partial charge < -0.3 is 19.9 Å². The second-order valence-corrected chi connectivity index (χ2v) is 14.9. The van der Waals surface area contributed by atoms with E-state index in [1.165, 1.54) is 18.5 Å². The average Bonchev–Trinajstić information content (AvgIpc) is 3.58. The lowest BCUT2D eigenvalue weighted by Gasteiger charge is -2.47. The predicted octanol–water partition coefficient (Wildman–Crippen LogP) is 4.60. The number of likely N-dealkylation sites (tertiary alicyclic amines) is 2. The van der Waals surface area contributed by atoms with Gasteiger partial charge in [-0.05, 0) is 88.7 Å². The molecule has 1 aromatic carbocycles. The molecule has 9 heteroatoms. The summed E-state index contributed by atoms with van der Waals surface area (Å²) >= 11 is 0. The van der Waals surface area contributed by atoms with E-state index in [9.17, 15) is 4.79 Å². The van der Waals surface area contributed by atoms with Crippen molar-refractivity contribution in [3.63, 3.8) is 0 Å². The molecule has 1 spiro atoms. The maximum atomic E-state index is 14.6. The van der Waals surface area contributed by atoms with E-state index in [1.54, 1.807) is 0 Å². The fourth-order valence-electron chi connectivity index (χ4n) is 8.46. The van der Waals surface area contributed by atoms with Gasteiger partial charge in [0.25, 0.3) is 0 Å². The Kier molecular flexibility index (Phi) is 6.24. The van der Waals surface area contributed by atoms with Crippen molar-refractivity contribution < 1.29 is 9.53 Å². The van der Waals surface area contributed by atoms with Crippen molar-refractivity contribution in [3.05, 3.63) is 36.2 Å². The van der Waals surface area contributed by atoms with Gasteiger partial charge in [0.05, 0.1) is 42.2 Å². The summed E-state index contributed by atoms with van der Waals surface area (Å²) in [7, 11) is 0. The van der Waals surface area contributed by atoms with Gasteiger partial charge in [-0.15, -0.1) is 0 Å². The number of carbonyl (C=O) groups excluding carboxylic acids is 1. The van der Waals surface area contributed by atoms with E-state index in [0.717, 1.165) is 86.5 Å². The Labute approximate surface area is 254 Å². The van der Waals surface area contributed by atoms with Crippen molar-refractivity contribution >= 4 is 28.4 Å². The number of hydrogen-bond acceptors (Lipinski definition) is 7. The van der Waals surface area contributed by atoms with Crippen molar-refractivity contribution in [1.82, 2.24) is 24.3 Å². The van der Waals surface area contributed by atoms with Crippen LogP contribution in [-0.4, -0.2) is 87.8 Å². The van der Waals surface area contributed by atoms with Gasteiger partial charge in [-0.25, -0.2) is 9.97 Å². The third-order valence-electron chi connectivity index (χ3n) is 11.3. The minimum atomic E-state index is -0.442. The van der Waals surface area contributed by atoms with Crippen LogP contribution in [0.15, 0.2) is 30.6 Å². The largest absolute Gasteiger partial charge is 0.382 e. The maximum absolute atomic E-state index is 14.6. The highest BCUT2D eigenvalue weighted by Gasteiger charge is 2.56. The maximum Gasteiger partial charge on any atom is 0.238 e. The molecule has 1 amide bonds. The Morgan fingerprint density at radius 2 is 1.72 bits per heavy atom. The number of nitrogens with two attached hydrogens (primary N) is 1. The molecular formula is C34H45N7O2. The first-order valence-electron chi connectivity index (χ1n) is 16.3. The molecular weight excluding hydrogens is 538 g/mol. The minimum absolute atomic E-state index is 0.245. The van der Waals surface area contributed by atoms with Crippen LogP contribution in [0.2, 0.25) is 0 Å². The molecule has 1 saturated carbocycles. The summed E-state index contributed by atoms with van der Waals surface area (Å²) in [5.74, 6) is 0.805. The molecule has 2 aromatic heterocycles. The van der Waals surface area contributed by atoms with Gasteiger partial charge in [-0.3, -0.25) is 14.6 Å². The number of pyridine rings is 1. The van der Waals surface area contributed by atoms with E-state index in [1.807, 2.05) is 12.4 Å². The van der Waals surface area contributed by atoms with Crippen LogP contribution in [0.4, 0.5) is 11.5 Å². The molecule has 4 fully saturated rings. The normalized spacial score (nSPS) is 27.3. The third kappa shape index (κ3) is 4.25. The predicted molar refractivity (Wildman–Crippen MR) is 169 cm³/mol. The van der Waals surface area contributed by atoms with Gasteiger partial charge in [0.15, 0.2) is 0 Å². The number of anilines is 2. The van der Waals surface area contributed by atoms with Crippen molar-refractivity contribution in [1.29, 1.82) is 0 Å². The van der Waals surface area contributed by atoms with Crippen molar-refractivity contribution in [2.24, 2.45) is 5.41 Å². The Morgan fingerprint density at radius 3 is 2.37 bits per heavy atom. The van der Waals surface area contributed by atoms with Crippen LogP contribution in [0.25, 0.3) is 22.3 Å². The molecule has 228 valence electrons. The van der Waals surface area contributed by atoms with Crippen LogP contribution in [0.1, 0.15) is 71.4 Å². The van der Waals surface area contributed by atoms with Crippen LogP contribution in [0.3, 0.4) is 0 Å². The smallest absolute Gasteiger partial charge is 0.238 e. The van der Waals surface area contributed by atoms with E-state index >= 15 is 0 Å². The molecule has 0 radical (unpaired) electrons. The first kappa shape index (κ1) is 27.5. The lowest BCUT2D eigenvalue weighted by molar-refractivity contribution is -0.128. The SMILES string of the molecule is CC(C)n1cnc2cc(-c3ccc4c(c3)N(C3CC(N5CCC(C)(C)C5)C3)C(=O)C43CCN(C4COC4)CC3)nc(N)c21. The molecule has 1 aliphatic carbocycles. The summed E-state index contributed by atoms with van der Waals surface area (Å²) in [6.45, 7) is 14.9. The molecule has 0 unspecified atom stereocenters. The summed E-state index contributed by atoms with van der Waals surface area (Å²) in [6, 6.07) is 10.2. The number of nitrogens with zero attached hydrogens (tertiary/aromatic N) is 6. The third-order valence-corrected chi connectivity index (χ3v) is 11.3. The Balaban J connectivity index is 1.14. The monoisotopic (exact) mass is 583 g/mol. The van der Waals surface area contributed by atoms with Crippen LogP contribution in [0, 0.1) is 5.41 Å². The number of carbonyl (C=O) groups is 1. The number of amides is 1. The second kappa shape index (κ2) is 9.74. The van der Waals surface area contributed by atoms with Crippen LogP contribution in [-0.2, 0) is 14.9 Å². The average molecular weight is 584 g/mol. The number of fused-ring (bicyclic) bond motifs is 3. The highest BCUT2D eigenvalue weighted by molar-refractivity contribution is 6.09. The van der Waals surface area contributed by atoms with E-state index in [2.05, 4.69) is 70.1 Å². The van der Waals surface area contributed by atoms with Crippen molar-refractivity contribution in [3.8, 4) is 11.3 Å². The number of ether oxygens (including phenoxy) is 1. The van der Waals surface area contributed by atoms with Gasteiger partial charge in [-0.1, -0.05) is 26.0 Å². The lowest BCUT2D eigenvalue weighted by atomic mass is 9.73. The summed E-state index contributed by atoms with van der Waals surface area (Å²) in [5.41, 5.74) is 12.3. The minimum Gasteiger partial charge on any atom is -0.382 e. The number of aromatic nitrogens is 3. The zero-order valence-electron chi connectivity index (χ0n) is 26.1. The molecule has 2 N–H and O–H groups in total. The molecule has 9 nitrogen and oxygen atoms in total. The molecule has 8 rings (SSSR count). The highest BCUT2D eigenvalue weighted by Crippen LogP contribution is 2.52. The van der Waals surface area contributed by atoms with E-state index in [4.69, 9.17) is 15.5 Å². The molecule has 4 aliphatic heterocycles. The van der Waals surface area contributed by atoms with E-state index in [-0.39, 0.29) is 12.1 Å². The number of hydrogen-bond donors (Lipinski definition) is 1. The van der Waals surface area contributed by atoms with E-state index in [0.29, 0.717) is 29.2 Å². The van der Waals surface area contributed by atoms with Gasteiger partial charge in [0, 0.05) is 35.9 Å². The molecule has 43 heavy (non-hydrogen) atoms. The van der Waals surface area contributed by atoms with Gasteiger partial charge in [-0.2, -0.15) is 0 Å². The number of rotatable bonds is 5. The van der Waals surface area contributed by atoms with Gasteiger partial charge in [0.2, 0.25) is 5.91 Å². The van der Waals surface area contributed by atoms with Gasteiger partial charge in [0.1, 0.15) is 11.3 Å². The molecule has 3 saturated heterocycles. The zero-order valence-corrected chi connectivity index (χ0v) is 26.1. The fourth-order valence-corrected chi connectivity index (χ4v) is 8.46. The topological polar surface area (TPSA) is 92.8 Å². The highest BCUT2D eigenvalue weighted by atomic mass is 16.5. The Hall–Kier alpha value is -3.01. The molecule has 6 heterocycles. The summed E-state index contributed by atoms with van der Waals surface area (Å²) in [4.78, 5) is 31.5. The number of imidazole rings is 1. The second-order valence-electron chi connectivity index (χ2n) is 14.9. The van der Waals surface area contributed by atoms with Crippen molar-refractivity contribution in [2.75, 3.05) is 50.0 Å². The first-order valence-corrected chi connectivity index (χ1v) is 16.3. The summed E-state index contributed by atoms with van der Waals surface area (Å²) in [6.07, 6.45) is 6.94. The Bertz CT molecular complexity index is 1580. The summed E-state index contributed by atoms with van der Waals surface area (Å²) < 4.78 is 7.55. The van der Waals surface area contributed by atoms with Crippen molar-refractivity contribution in [2.45, 2.75) is 89.4 Å². The van der Waals surface area contributed by atoms with Gasteiger partial charge >= 0.3 is 0 Å². The first-order chi connectivity index (χ1) is 20.6. The number of benzene rings is 1. The standard InChI is InChI=1S/C34H45N7O2/c1-21(2)40-20-36-28-16-27(37-31(35)30(28)40)22-5-6-26-29(13-22)41(24-14-23(15-24)39-10-7-33(3,4)19-39)32(42)34(26)8-11-38(12-9-34)25-17-43-18-25/h5-6,13,16,20-21,23-25H,7-12,14-15,17-19H2,1-4H3,(H2,35,37).